The molecular weight excluding hydrogens is 751 g/mol. The number of unbranched alkanes of at least 4 members (excludes halogenated alkanes) is 2. The van der Waals surface area contributed by atoms with Gasteiger partial charge < -0.3 is 24.5 Å². The van der Waals surface area contributed by atoms with E-state index in [1.807, 2.05) is 67.0 Å². The molecule has 1 atom stereocenters. The summed E-state index contributed by atoms with van der Waals surface area (Å²) in [5, 5.41) is 12.9. The highest BCUT2D eigenvalue weighted by Gasteiger charge is 2.45. The molecule has 2 aliphatic heterocycles. The minimum absolute atomic E-state index is 0.0600. The molecule has 0 aromatic heterocycles. The Balaban J connectivity index is 1.78. The average molecular weight is 803 g/mol. The molecule has 0 fully saturated rings. The lowest BCUT2D eigenvalue weighted by Crippen LogP contribution is -2.32. The highest BCUT2D eigenvalue weighted by Crippen LogP contribution is 2.52. The third kappa shape index (κ3) is 12.1. The van der Waals surface area contributed by atoms with Crippen molar-refractivity contribution in [3.63, 3.8) is 0 Å². The molecule has 0 spiro atoms. The van der Waals surface area contributed by atoms with Crippen molar-refractivity contribution in [3.8, 4) is 11.3 Å². The van der Waals surface area contributed by atoms with Crippen molar-refractivity contribution >= 4 is 43.9 Å². The summed E-state index contributed by atoms with van der Waals surface area (Å²) in [5.41, 5.74) is 3.60. The lowest BCUT2D eigenvalue weighted by Gasteiger charge is -2.31. The predicted octanol–water partition coefficient (Wildman–Crippen LogP) is 4.82. The summed E-state index contributed by atoms with van der Waals surface area (Å²) >= 11 is 0. The van der Waals surface area contributed by atoms with Gasteiger partial charge >= 0.3 is 5.97 Å². The molecule has 14 nitrogen and oxygen atoms in total. The van der Waals surface area contributed by atoms with Crippen LogP contribution in [0.2, 0.25) is 0 Å². The molecule has 55 heavy (non-hydrogen) atoms. The topological polar surface area (TPSA) is 204 Å². The number of benzene rings is 2. The number of carbonyl (C=O) groups excluding carboxylic acids is 1. The number of anilines is 1. The van der Waals surface area contributed by atoms with Crippen LogP contribution in [0.15, 0.2) is 71.0 Å². The van der Waals surface area contributed by atoms with Gasteiger partial charge in [0.05, 0.1) is 30.4 Å². The van der Waals surface area contributed by atoms with Gasteiger partial charge in [-0.3, -0.25) is 18.7 Å². The molecule has 0 saturated carbocycles. The molecule has 2 heterocycles. The Morgan fingerprint density at radius 2 is 1.75 bits per heavy atom. The van der Waals surface area contributed by atoms with Crippen LogP contribution in [0.5, 0.6) is 0 Å². The van der Waals surface area contributed by atoms with E-state index in [9.17, 15) is 31.0 Å². The van der Waals surface area contributed by atoms with E-state index in [1.165, 1.54) is 0 Å². The molecule has 1 unspecified atom stereocenters. The van der Waals surface area contributed by atoms with Gasteiger partial charge in [-0.25, -0.2) is 4.58 Å². The third-order valence-corrected chi connectivity index (χ3v) is 11.4. The van der Waals surface area contributed by atoms with E-state index in [1.54, 1.807) is 25.5 Å². The maximum atomic E-state index is 13.6. The number of rotatable bonds is 21. The number of aliphatic carboxylic acids is 1. The first kappa shape index (κ1) is 43.4. The van der Waals surface area contributed by atoms with Crippen LogP contribution >= 0.6 is 0 Å². The van der Waals surface area contributed by atoms with Crippen LogP contribution in [0.25, 0.3) is 17.4 Å². The Labute approximate surface area is 323 Å². The highest BCUT2D eigenvalue weighted by molar-refractivity contribution is 7.86. The second-order valence-electron chi connectivity index (χ2n) is 13.7. The largest absolute Gasteiger partial charge is 0.481 e. The van der Waals surface area contributed by atoms with Gasteiger partial charge in [0.15, 0.2) is 0 Å². The Morgan fingerprint density at radius 3 is 2.44 bits per heavy atom. The summed E-state index contributed by atoms with van der Waals surface area (Å²) in [4.78, 5) is 26.9. The molecule has 16 heteroatoms. The van der Waals surface area contributed by atoms with Crippen LogP contribution in [-0.2, 0) is 35.2 Å². The summed E-state index contributed by atoms with van der Waals surface area (Å²) < 4.78 is 77.9. The zero-order valence-corrected chi connectivity index (χ0v) is 33.2. The number of allylic oxidation sites excluding steroid dienone is 3. The fourth-order valence-corrected chi connectivity index (χ4v) is 8.16. The average Bonchev–Trinajstić information content (AvgIpc) is 3.35. The van der Waals surface area contributed by atoms with Gasteiger partial charge in [0.25, 0.3) is 26.1 Å². The lowest BCUT2D eigenvalue weighted by molar-refractivity contribution is -0.137. The van der Waals surface area contributed by atoms with E-state index in [0.717, 1.165) is 33.4 Å². The highest BCUT2D eigenvalue weighted by atomic mass is 32.2. The number of carboxylic acids is 1. The Bertz CT molecular complexity index is 2140. The Morgan fingerprint density at radius 1 is 1.00 bits per heavy atom. The maximum absolute atomic E-state index is 13.6. The maximum Gasteiger partial charge on any atom is 0.303 e. The first-order valence-corrected chi connectivity index (χ1v) is 21.6. The van der Waals surface area contributed by atoms with Gasteiger partial charge in [-0.1, -0.05) is 24.6 Å². The van der Waals surface area contributed by atoms with Gasteiger partial charge in [-0.05, 0) is 75.4 Å². The number of carbonyl (C=O) groups is 2. The van der Waals surface area contributed by atoms with E-state index in [-0.39, 0.29) is 30.9 Å². The van der Waals surface area contributed by atoms with E-state index in [2.05, 4.69) is 10.2 Å². The second kappa shape index (κ2) is 19.5. The summed E-state index contributed by atoms with van der Waals surface area (Å²) in [6.45, 7) is 6.09. The van der Waals surface area contributed by atoms with E-state index in [4.69, 9.17) is 18.8 Å². The van der Waals surface area contributed by atoms with Gasteiger partial charge in [0.1, 0.15) is 18.8 Å². The monoisotopic (exact) mass is 802 g/mol. The molecule has 1 aliphatic carbocycles. The van der Waals surface area contributed by atoms with Gasteiger partial charge in [-0.15, -0.1) is 0 Å². The van der Waals surface area contributed by atoms with Crippen LogP contribution in [0, 0.1) is 0 Å². The van der Waals surface area contributed by atoms with E-state index < -0.39 is 37.4 Å². The first-order chi connectivity index (χ1) is 26.1. The zero-order chi connectivity index (χ0) is 40.2. The number of hydrogen-bond donors (Lipinski definition) is 4. The van der Waals surface area contributed by atoms with Crippen molar-refractivity contribution in [1.29, 1.82) is 0 Å². The smallest absolute Gasteiger partial charge is 0.303 e. The van der Waals surface area contributed by atoms with Crippen LogP contribution in [0.1, 0.15) is 80.3 Å². The number of amides is 1. The lowest BCUT2D eigenvalue weighted by atomic mass is 9.75. The predicted molar refractivity (Wildman–Crippen MR) is 211 cm³/mol. The van der Waals surface area contributed by atoms with Crippen LogP contribution in [-0.4, -0.2) is 94.3 Å². The minimum Gasteiger partial charge on any atom is -0.481 e. The van der Waals surface area contributed by atoms with Crippen LogP contribution in [0.4, 0.5) is 5.69 Å². The minimum atomic E-state index is -4.25. The summed E-state index contributed by atoms with van der Waals surface area (Å²) in [6, 6.07) is 13.0. The Kier molecular flexibility index (Phi) is 15.4. The van der Waals surface area contributed by atoms with Crippen LogP contribution in [0.3, 0.4) is 0 Å². The number of nitrogens with one attached hydrogen (secondary N) is 1. The number of ether oxygens (including phenoxy) is 1. The number of carboxylic acid groups (broad SMARTS) is 1. The molecule has 3 aliphatic rings. The van der Waals surface area contributed by atoms with Crippen LogP contribution < -0.4 is 20.1 Å². The molecule has 1 amide bonds. The number of methoxy groups -OCH3 is 1. The van der Waals surface area contributed by atoms with Crippen molar-refractivity contribution in [2.24, 2.45) is 0 Å². The molecule has 1 aromatic rings. The fraction of sp³-hybridized carbons (Fsp3) is 0.462. The van der Waals surface area contributed by atoms with Crippen molar-refractivity contribution in [2.75, 3.05) is 56.3 Å². The van der Waals surface area contributed by atoms with E-state index in [0.29, 0.717) is 69.8 Å². The molecule has 4 N–H and O–H groups in total. The second-order valence-corrected chi connectivity index (χ2v) is 16.9. The molecule has 0 radical (unpaired) electrons. The van der Waals surface area contributed by atoms with Gasteiger partial charge in [-0.2, -0.15) is 16.8 Å². The SMILES string of the molecule is CC[N+](CCCS(=O)(=O)O)=c1ccc2c(/C=C/C=C3/N(CCCCCC(=O)O)c4cccc(C(=O)NCCOC)c4C3(C)CCCS(=O)(=O)O)ccoc-2c1. The van der Waals surface area contributed by atoms with Crippen molar-refractivity contribution < 1.29 is 49.8 Å². The molecule has 0 saturated heterocycles. The van der Waals surface area contributed by atoms with Crippen molar-refractivity contribution in [1.82, 2.24) is 9.89 Å². The normalized spacial score (nSPS) is 17.3. The molecule has 1 aromatic carbocycles. The fourth-order valence-electron chi connectivity index (χ4n) is 7.16. The molecule has 4 rings (SSSR count). The van der Waals surface area contributed by atoms with E-state index >= 15 is 0 Å². The molecule has 0 bridgehead atoms. The summed E-state index contributed by atoms with van der Waals surface area (Å²) in [6.07, 6.45) is 9.94. The Hall–Kier alpha value is -4.35. The van der Waals surface area contributed by atoms with Crippen molar-refractivity contribution in [2.45, 2.75) is 64.2 Å². The van der Waals surface area contributed by atoms with Crippen molar-refractivity contribution in [3.05, 3.63) is 88.6 Å². The standard InChI is InChI=1S/C39H51N3O11S2/c1-4-41(22-11-27-55(49,50)51)30-17-18-31-29(19-24-53-34(31)28-30)12-8-15-35-39(2,20-10-26-54(46,47)48)37-32(38(45)40-21-25-52-3)13-9-14-33(37)42(35)23-7-5-6-16-36(43)44/h8-9,12-15,17-19,24,28H,4-7,10-11,16,20-23,25-27H2,1-3H3,(H3-,40,43,44,45,46,47,48,49,50,51)/p+1. The van der Waals surface area contributed by atoms with Gasteiger partial charge in [0.2, 0.25) is 5.36 Å². The zero-order valence-electron chi connectivity index (χ0n) is 31.6. The number of hydrogen-bond acceptors (Lipinski definition) is 9. The third-order valence-electron chi connectivity index (χ3n) is 9.75. The summed E-state index contributed by atoms with van der Waals surface area (Å²) in [7, 11) is -6.77. The molecular formula is C39H52N3O11S2+. The summed E-state index contributed by atoms with van der Waals surface area (Å²) in [5.74, 6) is -1.33. The number of fused-ring (bicyclic) bond motifs is 2. The first-order valence-electron chi connectivity index (χ1n) is 18.4. The van der Waals surface area contributed by atoms with Gasteiger partial charge in [0, 0.05) is 72.6 Å². The number of nitrogens with zero attached hydrogens (tertiary/aromatic N) is 2. The quantitative estimate of drug-likeness (QED) is 0.0651. The molecule has 300 valence electrons.